The van der Waals surface area contributed by atoms with Crippen LogP contribution in [0.5, 0.6) is 0 Å². The largest absolute Gasteiger partial charge is 0.231 e. The van der Waals surface area contributed by atoms with E-state index in [4.69, 9.17) is 19.6 Å². The van der Waals surface area contributed by atoms with Gasteiger partial charge in [0.05, 0.1) is 11.2 Å². The minimum Gasteiger partial charge on any atom is -0.228 e. The summed E-state index contributed by atoms with van der Waals surface area (Å²) in [5, 5.41) is 0. The second kappa shape index (κ2) is 9.97. The summed E-state index contributed by atoms with van der Waals surface area (Å²) in [6.07, 6.45) is 5.63. The Morgan fingerprint density at radius 3 is 1.35 bits per heavy atom. The smallest absolute Gasteiger partial charge is 0.228 e. The maximum atomic E-state index is 5.72. The molecule has 4 nitrogen and oxygen atoms in total. The lowest BCUT2D eigenvalue weighted by Crippen LogP contribution is -2.40. The van der Waals surface area contributed by atoms with Crippen molar-refractivity contribution in [2.24, 2.45) is 5.92 Å². The van der Waals surface area contributed by atoms with E-state index < -0.39 is 5.79 Å². The summed E-state index contributed by atoms with van der Waals surface area (Å²) in [4.78, 5) is 22.8. The predicted octanol–water partition coefficient (Wildman–Crippen LogP) is 6.19. The molecule has 0 saturated heterocycles. The molecule has 0 atom stereocenters. The summed E-state index contributed by atoms with van der Waals surface area (Å²) in [6.45, 7) is 18.6. The highest BCUT2D eigenvalue weighted by Gasteiger charge is 2.35. The summed E-state index contributed by atoms with van der Waals surface area (Å²) in [7, 11) is 0. The van der Waals surface area contributed by atoms with E-state index in [1.165, 1.54) is 0 Å². The van der Waals surface area contributed by atoms with E-state index in [2.05, 4.69) is 27.7 Å². The molecular formula is C19H40O4. The van der Waals surface area contributed by atoms with Crippen LogP contribution in [0.4, 0.5) is 0 Å². The zero-order valence-electron chi connectivity index (χ0n) is 17.0. The Labute approximate surface area is 144 Å². The summed E-state index contributed by atoms with van der Waals surface area (Å²) >= 11 is 0. The maximum absolute atomic E-state index is 5.72. The summed E-state index contributed by atoms with van der Waals surface area (Å²) < 4.78 is 0. The average Bonchev–Trinajstić information content (AvgIpc) is 2.41. The van der Waals surface area contributed by atoms with Gasteiger partial charge in [0.15, 0.2) is 0 Å². The highest BCUT2D eigenvalue weighted by atomic mass is 17.3. The van der Waals surface area contributed by atoms with Crippen molar-refractivity contribution in [3.05, 3.63) is 0 Å². The van der Waals surface area contributed by atoms with Crippen molar-refractivity contribution in [3.63, 3.8) is 0 Å². The Bertz CT molecular complexity index is 288. The SMILES string of the molecule is CCCC(C)(C)OOC(C)(CCC(C)C)OOC(C)(C)CCC. The van der Waals surface area contributed by atoms with Gasteiger partial charge >= 0.3 is 0 Å². The van der Waals surface area contributed by atoms with Gasteiger partial charge in [-0.15, -0.1) is 0 Å². The van der Waals surface area contributed by atoms with Crippen LogP contribution in [0.1, 0.15) is 101 Å². The van der Waals surface area contributed by atoms with Gasteiger partial charge in [0.1, 0.15) is 0 Å². The van der Waals surface area contributed by atoms with Crippen molar-refractivity contribution in [1.82, 2.24) is 0 Å². The molecule has 140 valence electrons. The molecule has 0 aromatic heterocycles. The molecule has 0 aliphatic rings. The number of rotatable bonds is 13. The first kappa shape index (κ1) is 22.8. The Balaban J connectivity index is 4.74. The van der Waals surface area contributed by atoms with E-state index >= 15 is 0 Å². The fourth-order valence-corrected chi connectivity index (χ4v) is 2.34. The molecule has 0 aliphatic heterocycles. The Morgan fingerprint density at radius 2 is 1.04 bits per heavy atom. The molecule has 0 aliphatic carbocycles. The van der Waals surface area contributed by atoms with Crippen LogP contribution in [0.25, 0.3) is 0 Å². The van der Waals surface area contributed by atoms with Crippen LogP contribution in [0.15, 0.2) is 0 Å². The van der Waals surface area contributed by atoms with Crippen LogP contribution in [0.3, 0.4) is 0 Å². The Morgan fingerprint density at radius 1 is 0.652 bits per heavy atom. The van der Waals surface area contributed by atoms with E-state index in [1.54, 1.807) is 0 Å². The highest BCUT2D eigenvalue weighted by Crippen LogP contribution is 2.29. The van der Waals surface area contributed by atoms with Gasteiger partial charge in [0.25, 0.3) is 0 Å². The standard InChI is InChI=1S/C19H40O4/c1-10-13-17(5,6)20-22-19(9,15-12-16(3)4)23-21-18(7,8)14-11-2/h16H,10-15H2,1-9H3. The number of hydrogen-bond acceptors (Lipinski definition) is 4. The molecule has 0 aromatic carbocycles. The predicted molar refractivity (Wildman–Crippen MR) is 94.8 cm³/mol. The van der Waals surface area contributed by atoms with E-state index in [-0.39, 0.29) is 11.2 Å². The van der Waals surface area contributed by atoms with Crippen molar-refractivity contribution in [1.29, 1.82) is 0 Å². The zero-order valence-corrected chi connectivity index (χ0v) is 17.0. The first-order chi connectivity index (χ1) is 10.5. The van der Waals surface area contributed by atoms with Crippen molar-refractivity contribution < 1.29 is 19.6 Å². The third-order valence-electron chi connectivity index (χ3n) is 3.77. The molecule has 0 bridgehead atoms. The van der Waals surface area contributed by atoms with Crippen LogP contribution in [-0.2, 0) is 19.6 Å². The van der Waals surface area contributed by atoms with Crippen molar-refractivity contribution >= 4 is 0 Å². The molecule has 0 N–H and O–H groups in total. The van der Waals surface area contributed by atoms with Crippen LogP contribution in [-0.4, -0.2) is 17.0 Å². The van der Waals surface area contributed by atoms with Crippen LogP contribution in [0.2, 0.25) is 0 Å². The molecule has 0 radical (unpaired) electrons. The van der Waals surface area contributed by atoms with Gasteiger partial charge in [0.2, 0.25) is 5.79 Å². The Kier molecular flexibility index (Phi) is 9.90. The second-order valence-electron chi connectivity index (χ2n) is 8.42. The van der Waals surface area contributed by atoms with E-state index in [0.29, 0.717) is 5.92 Å². The van der Waals surface area contributed by atoms with Crippen LogP contribution >= 0.6 is 0 Å². The second-order valence-corrected chi connectivity index (χ2v) is 8.42. The summed E-state index contributed by atoms with van der Waals surface area (Å²) in [5.74, 6) is -0.339. The molecule has 0 amide bonds. The normalized spacial score (nSPS) is 13.8. The molecule has 0 rings (SSSR count). The van der Waals surface area contributed by atoms with Crippen LogP contribution < -0.4 is 0 Å². The van der Waals surface area contributed by atoms with Gasteiger partial charge in [-0.2, -0.15) is 9.78 Å². The first-order valence-electron chi connectivity index (χ1n) is 9.19. The zero-order chi connectivity index (χ0) is 18.1. The lowest BCUT2D eigenvalue weighted by Gasteiger charge is -2.35. The third kappa shape index (κ3) is 11.1. The topological polar surface area (TPSA) is 36.9 Å². The van der Waals surface area contributed by atoms with Gasteiger partial charge in [-0.25, -0.2) is 9.78 Å². The molecule has 0 fully saturated rings. The molecule has 23 heavy (non-hydrogen) atoms. The monoisotopic (exact) mass is 332 g/mol. The van der Waals surface area contributed by atoms with E-state index in [1.807, 2.05) is 34.6 Å². The minimum absolute atomic E-state index is 0.337. The van der Waals surface area contributed by atoms with Gasteiger partial charge in [-0.1, -0.05) is 40.5 Å². The molecule has 0 saturated carbocycles. The molecule has 0 heterocycles. The third-order valence-corrected chi connectivity index (χ3v) is 3.77. The van der Waals surface area contributed by atoms with Crippen molar-refractivity contribution in [2.75, 3.05) is 0 Å². The lowest BCUT2D eigenvalue weighted by molar-refractivity contribution is -0.540. The van der Waals surface area contributed by atoms with Gasteiger partial charge < -0.3 is 0 Å². The quantitative estimate of drug-likeness (QED) is 0.229. The lowest BCUT2D eigenvalue weighted by atomic mass is 10.0. The molecular weight excluding hydrogens is 292 g/mol. The number of hydrogen-bond donors (Lipinski definition) is 0. The first-order valence-corrected chi connectivity index (χ1v) is 9.19. The van der Waals surface area contributed by atoms with Gasteiger partial charge in [0, 0.05) is 6.42 Å². The van der Waals surface area contributed by atoms with Crippen LogP contribution in [0, 0.1) is 5.92 Å². The molecule has 0 spiro atoms. The Hall–Kier alpha value is -0.160. The highest BCUT2D eigenvalue weighted by molar-refractivity contribution is 4.68. The minimum atomic E-state index is -0.902. The van der Waals surface area contributed by atoms with Crippen molar-refractivity contribution in [2.45, 2.75) is 118 Å². The average molecular weight is 333 g/mol. The molecule has 0 aromatic rings. The molecule has 0 unspecified atom stereocenters. The molecule has 4 heteroatoms. The maximum Gasteiger partial charge on any atom is 0.231 e. The van der Waals surface area contributed by atoms with E-state index in [0.717, 1.165) is 38.5 Å². The van der Waals surface area contributed by atoms with E-state index in [9.17, 15) is 0 Å². The van der Waals surface area contributed by atoms with Gasteiger partial charge in [-0.3, -0.25) is 0 Å². The van der Waals surface area contributed by atoms with Crippen molar-refractivity contribution in [3.8, 4) is 0 Å². The summed E-state index contributed by atoms with van der Waals surface area (Å²) in [5.41, 5.74) is -0.674. The fourth-order valence-electron chi connectivity index (χ4n) is 2.34. The summed E-state index contributed by atoms with van der Waals surface area (Å²) in [6, 6.07) is 0. The van der Waals surface area contributed by atoms with Gasteiger partial charge in [-0.05, 0) is 59.8 Å². The fraction of sp³-hybridized carbons (Fsp3) is 1.00.